The molecule has 2 N–H and O–H groups in total. The van der Waals surface area contributed by atoms with E-state index in [-0.39, 0.29) is 17.4 Å². The maximum Gasteiger partial charge on any atom is 0.255 e. The molecular formula is C23H30N2O3. The molecule has 0 fully saturated rings. The first-order valence-electron chi connectivity index (χ1n) is 9.61. The van der Waals surface area contributed by atoms with Crippen molar-refractivity contribution in [3.8, 4) is 5.75 Å². The minimum absolute atomic E-state index is 0.142. The van der Waals surface area contributed by atoms with E-state index in [2.05, 4.69) is 24.5 Å². The van der Waals surface area contributed by atoms with Crippen molar-refractivity contribution in [2.24, 2.45) is 5.92 Å². The first kappa shape index (κ1) is 21.5. The van der Waals surface area contributed by atoms with Gasteiger partial charge in [-0.15, -0.1) is 0 Å². The lowest BCUT2D eigenvalue weighted by atomic mass is 10.1. The normalized spacial score (nSPS) is 11.2. The van der Waals surface area contributed by atoms with Gasteiger partial charge in [-0.2, -0.15) is 0 Å². The van der Waals surface area contributed by atoms with Crippen LogP contribution >= 0.6 is 0 Å². The molecule has 2 rings (SSSR count). The molecule has 0 aliphatic rings. The van der Waals surface area contributed by atoms with E-state index in [1.807, 2.05) is 26.8 Å². The van der Waals surface area contributed by atoms with Crippen molar-refractivity contribution in [2.45, 2.75) is 46.6 Å². The van der Waals surface area contributed by atoms with E-state index < -0.39 is 0 Å². The summed E-state index contributed by atoms with van der Waals surface area (Å²) in [5, 5.41) is 5.76. The predicted octanol–water partition coefficient (Wildman–Crippen LogP) is 4.89. The molecule has 0 bridgehead atoms. The quantitative estimate of drug-likeness (QED) is 0.716. The van der Waals surface area contributed by atoms with Gasteiger partial charge in [0.05, 0.1) is 6.61 Å². The summed E-state index contributed by atoms with van der Waals surface area (Å²) in [5.74, 6) is 0.889. The molecule has 0 heterocycles. The predicted molar refractivity (Wildman–Crippen MR) is 113 cm³/mol. The second-order valence-electron chi connectivity index (χ2n) is 8.29. The van der Waals surface area contributed by atoms with Crippen molar-refractivity contribution >= 4 is 17.5 Å². The summed E-state index contributed by atoms with van der Waals surface area (Å²) in [6, 6.07) is 14.0. The molecule has 0 spiro atoms. The molecule has 0 radical (unpaired) electrons. The van der Waals surface area contributed by atoms with E-state index in [9.17, 15) is 9.59 Å². The number of hydrogen-bond donors (Lipinski definition) is 2. The average molecular weight is 383 g/mol. The zero-order valence-electron chi connectivity index (χ0n) is 17.3. The number of hydrogen-bond acceptors (Lipinski definition) is 3. The zero-order chi connectivity index (χ0) is 20.7. The minimum atomic E-state index is -0.299. The van der Waals surface area contributed by atoms with Gasteiger partial charge in [0.1, 0.15) is 5.75 Å². The number of carbonyl (C=O) groups excluding carboxylic acids is 2. The Kier molecular flexibility index (Phi) is 7.21. The highest BCUT2D eigenvalue weighted by atomic mass is 16.5. The average Bonchev–Trinajstić information content (AvgIpc) is 2.61. The summed E-state index contributed by atoms with van der Waals surface area (Å²) >= 11 is 0. The number of ether oxygens (including phenoxy) is 1. The van der Waals surface area contributed by atoms with Crippen molar-refractivity contribution in [3.63, 3.8) is 0 Å². The third-order valence-electron chi connectivity index (χ3n) is 3.95. The largest absolute Gasteiger partial charge is 0.494 e. The van der Waals surface area contributed by atoms with Crippen LogP contribution in [0.3, 0.4) is 0 Å². The van der Waals surface area contributed by atoms with E-state index in [0.717, 1.165) is 6.42 Å². The molecule has 0 saturated carbocycles. The molecule has 2 aromatic rings. The Morgan fingerprint density at radius 1 is 0.964 bits per heavy atom. The van der Waals surface area contributed by atoms with Gasteiger partial charge in [0.15, 0.2) is 0 Å². The Bertz CT molecular complexity index is 805. The van der Waals surface area contributed by atoms with Crippen LogP contribution in [-0.2, 0) is 0 Å². The summed E-state index contributed by atoms with van der Waals surface area (Å²) in [4.78, 5) is 24.7. The van der Waals surface area contributed by atoms with Crippen LogP contribution in [0.25, 0.3) is 0 Å². The van der Waals surface area contributed by atoms with E-state index >= 15 is 0 Å². The van der Waals surface area contributed by atoms with Gasteiger partial charge >= 0.3 is 0 Å². The van der Waals surface area contributed by atoms with Gasteiger partial charge < -0.3 is 15.4 Å². The Labute approximate surface area is 167 Å². The molecule has 5 nitrogen and oxygen atoms in total. The maximum atomic E-state index is 12.5. The van der Waals surface area contributed by atoms with Gasteiger partial charge in [0, 0.05) is 22.4 Å². The molecule has 0 aromatic heterocycles. The molecule has 0 aliphatic heterocycles. The zero-order valence-corrected chi connectivity index (χ0v) is 17.3. The van der Waals surface area contributed by atoms with Crippen molar-refractivity contribution in [1.29, 1.82) is 0 Å². The van der Waals surface area contributed by atoms with Crippen molar-refractivity contribution in [1.82, 2.24) is 5.32 Å². The molecule has 5 heteroatoms. The van der Waals surface area contributed by atoms with E-state index in [4.69, 9.17) is 4.74 Å². The number of amides is 2. The van der Waals surface area contributed by atoms with Gasteiger partial charge in [0.25, 0.3) is 11.8 Å². The van der Waals surface area contributed by atoms with Crippen LogP contribution in [-0.4, -0.2) is 24.0 Å². The third-order valence-corrected chi connectivity index (χ3v) is 3.95. The van der Waals surface area contributed by atoms with Crippen LogP contribution in [0.5, 0.6) is 5.75 Å². The van der Waals surface area contributed by atoms with Crippen LogP contribution in [0, 0.1) is 5.92 Å². The first-order chi connectivity index (χ1) is 13.1. The number of anilines is 1. The molecular weight excluding hydrogens is 352 g/mol. The van der Waals surface area contributed by atoms with Gasteiger partial charge in [-0.05, 0) is 75.6 Å². The number of rotatable bonds is 7. The van der Waals surface area contributed by atoms with Gasteiger partial charge in [0.2, 0.25) is 0 Å². The molecule has 0 unspecified atom stereocenters. The molecule has 2 amide bonds. The molecule has 0 aliphatic carbocycles. The topological polar surface area (TPSA) is 67.4 Å². The second kappa shape index (κ2) is 9.40. The molecule has 0 atom stereocenters. The summed E-state index contributed by atoms with van der Waals surface area (Å²) in [6.45, 7) is 10.7. The van der Waals surface area contributed by atoms with Crippen molar-refractivity contribution in [2.75, 3.05) is 11.9 Å². The molecule has 0 saturated heterocycles. The van der Waals surface area contributed by atoms with Crippen LogP contribution in [0.15, 0.2) is 48.5 Å². The Hall–Kier alpha value is -2.82. The fourth-order valence-corrected chi connectivity index (χ4v) is 2.46. The van der Waals surface area contributed by atoms with E-state index in [1.54, 1.807) is 42.5 Å². The summed E-state index contributed by atoms with van der Waals surface area (Å²) in [5.41, 5.74) is 1.40. The highest BCUT2D eigenvalue weighted by Crippen LogP contribution is 2.17. The standard InChI is InChI=1S/C23H30N2O3/c1-16(2)13-14-28-20-8-6-7-18(15-20)21(26)24-19-11-9-17(10-12-19)22(27)25-23(3,4)5/h6-12,15-16H,13-14H2,1-5H3,(H,24,26)(H,25,27). The Morgan fingerprint density at radius 2 is 1.64 bits per heavy atom. The number of benzene rings is 2. The molecule has 150 valence electrons. The minimum Gasteiger partial charge on any atom is -0.494 e. The third kappa shape index (κ3) is 7.06. The summed E-state index contributed by atoms with van der Waals surface area (Å²) < 4.78 is 5.72. The lowest BCUT2D eigenvalue weighted by Gasteiger charge is -2.20. The van der Waals surface area contributed by atoms with Crippen LogP contribution in [0.4, 0.5) is 5.69 Å². The SMILES string of the molecule is CC(C)CCOc1cccc(C(=O)Nc2ccc(C(=O)NC(C)(C)C)cc2)c1. The first-order valence-corrected chi connectivity index (χ1v) is 9.61. The fourth-order valence-electron chi connectivity index (χ4n) is 2.46. The smallest absolute Gasteiger partial charge is 0.255 e. The molecule has 2 aromatic carbocycles. The lowest BCUT2D eigenvalue weighted by molar-refractivity contribution is 0.0919. The second-order valence-corrected chi connectivity index (χ2v) is 8.29. The monoisotopic (exact) mass is 382 g/mol. The highest BCUT2D eigenvalue weighted by molar-refractivity contribution is 6.04. The number of nitrogens with one attached hydrogen (secondary N) is 2. The fraction of sp³-hybridized carbons (Fsp3) is 0.391. The van der Waals surface area contributed by atoms with Gasteiger partial charge in [-0.1, -0.05) is 19.9 Å². The maximum absolute atomic E-state index is 12.5. The van der Waals surface area contributed by atoms with E-state index in [1.165, 1.54) is 0 Å². The highest BCUT2D eigenvalue weighted by Gasteiger charge is 2.15. The van der Waals surface area contributed by atoms with Crippen LogP contribution < -0.4 is 15.4 Å². The van der Waals surface area contributed by atoms with Crippen molar-refractivity contribution in [3.05, 3.63) is 59.7 Å². The van der Waals surface area contributed by atoms with Crippen molar-refractivity contribution < 1.29 is 14.3 Å². The summed E-state index contributed by atoms with van der Waals surface area (Å²) in [6.07, 6.45) is 0.964. The van der Waals surface area contributed by atoms with Crippen LogP contribution in [0.1, 0.15) is 61.8 Å². The van der Waals surface area contributed by atoms with Gasteiger partial charge in [-0.25, -0.2) is 0 Å². The molecule has 28 heavy (non-hydrogen) atoms. The van der Waals surface area contributed by atoms with E-state index in [0.29, 0.717) is 35.1 Å². The Morgan fingerprint density at radius 3 is 2.25 bits per heavy atom. The van der Waals surface area contributed by atoms with Crippen LogP contribution in [0.2, 0.25) is 0 Å². The summed E-state index contributed by atoms with van der Waals surface area (Å²) in [7, 11) is 0. The van der Waals surface area contributed by atoms with Gasteiger partial charge in [-0.3, -0.25) is 9.59 Å². The lowest BCUT2D eigenvalue weighted by Crippen LogP contribution is -2.40. The Balaban J connectivity index is 1.98. The number of carbonyl (C=O) groups is 2.